The van der Waals surface area contributed by atoms with Crippen molar-refractivity contribution in [3.05, 3.63) is 18.0 Å². The van der Waals surface area contributed by atoms with Crippen LogP contribution in [0.3, 0.4) is 0 Å². The predicted molar refractivity (Wildman–Crippen MR) is 52.5 cm³/mol. The average Bonchev–Trinajstić information content (AvgIpc) is 2.79. The van der Waals surface area contributed by atoms with E-state index in [0.29, 0.717) is 6.54 Å². The van der Waals surface area contributed by atoms with Crippen LogP contribution in [0, 0.1) is 11.8 Å². The Labute approximate surface area is 87.5 Å². The van der Waals surface area contributed by atoms with E-state index in [4.69, 9.17) is 0 Å². The Morgan fingerprint density at radius 3 is 2.40 bits per heavy atom. The molecule has 2 unspecified atom stereocenters. The molecule has 1 aromatic rings. The number of aromatic amines is 1. The molecule has 0 bridgehead atoms. The van der Waals surface area contributed by atoms with E-state index in [0.717, 1.165) is 5.56 Å². The van der Waals surface area contributed by atoms with Gasteiger partial charge >= 0.3 is 0 Å². The molecule has 5 heteroatoms. The van der Waals surface area contributed by atoms with E-state index in [1.165, 1.54) is 4.90 Å². The van der Waals surface area contributed by atoms with Crippen molar-refractivity contribution in [3.8, 4) is 0 Å². The Hall–Kier alpha value is -1.65. The summed E-state index contributed by atoms with van der Waals surface area (Å²) in [4.78, 5) is 24.8. The average molecular weight is 207 g/mol. The number of H-pyrrole nitrogens is 1. The number of imide groups is 1. The summed E-state index contributed by atoms with van der Waals surface area (Å²) in [5.41, 5.74) is 0.845. The fourth-order valence-electron chi connectivity index (χ4n) is 1.73. The van der Waals surface area contributed by atoms with Gasteiger partial charge in [-0.3, -0.25) is 19.6 Å². The van der Waals surface area contributed by atoms with E-state index in [-0.39, 0.29) is 23.7 Å². The minimum absolute atomic E-state index is 0.0892. The van der Waals surface area contributed by atoms with Crippen molar-refractivity contribution in [1.82, 2.24) is 15.1 Å². The lowest BCUT2D eigenvalue weighted by Gasteiger charge is -2.12. The van der Waals surface area contributed by atoms with E-state index in [1.54, 1.807) is 26.2 Å². The van der Waals surface area contributed by atoms with Gasteiger partial charge in [0.25, 0.3) is 0 Å². The molecule has 0 spiro atoms. The maximum Gasteiger partial charge on any atom is 0.233 e. The second-order valence-electron chi connectivity index (χ2n) is 3.95. The first kappa shape index (κ1) is 9.89. The summed E-state index contributed by atoms with van der Waals surface area (Å²) in [6.07, 6.45) is 3.31. The summed E-state index contributed by atoms with van der Waals surface area (Å²) in [7, 11) is 0. The molecule has 80 valence electrons. The van der Waals surface area contributed by atoms with Crippen LogP contribution in [0.4, 0.5) is 0 Å². The molecule has 2 atom stereocenters. The summed E-state index contributed by atoms with van der Waals surface area (Å²) < 4.78 is 0. The SMILES string of the molecule is CC1C(=O)N(Cc2cn[nH]c2)C(=O)C1C. The molecular weight excluding hydrogens is 194 g/mol. The number of hydrogen-bond acceptors (Lipinski definition) is 3. The Bertz CT molecular complexity index is 365. The topological polar surface area (TPSA) is 66.1 Å². The standard InChI is InChI=1S/C10H13N3O2/c1-6-7(2)10(15)13(9(6)14)5-8-3-11-12-4-8/h3-4,6-7H,5H2,1-2H3,(H,11,12). The fraction of sp³-hybridized carbons (Fsp3) is 0.500. The Morgan fingerprint density at radius 2 is 1.93 bits per heavy atom. The van der Waals surface area contributed by atoms with Gasteiger partial charge in [0.2, 0.25) is 11.8 Å². The molecule has 2 heterocycles. The number of hydrogen-bond donors (Lipinski definition) is 1. The molecule has 15 heavy (non-hydrogen) atoms. The van der Waals surface area contributed by atoms with Crippen molar-refractivity contribution < 1.29 is 9.59 Å². The first-order valence-electron chi connectivity index (χ1n) is 4.94. The molecule has 1 fully saturated rings. The van der Waals surface area contributed by atoms with Crippen LogP contribution in [0.2, 0.25) is 0 Å². The van der Waals surface area contributed by atoms with Gasteiger partial charge in [-0.25, -0.2) is 0 Å². The number of rotatable bonds is 2. The van der Waals surface area contributed by atoms with Gasteiger partial charge in [-0.2, -0.15) is 5.10 Å². The molecule has 0 aliphatic carbocycles. The third kappa shape index (κ3) is 1.54. The smallest absolute Gasteiger partial charge is 0.233 e. The Morgan fingerprint density at radius 1 is 1.33 bits per heavy atom. The zero-order valence-corrected chi connectivity index (χ0v) is 8.73. The van der Waals surface area contributed by atoms with Crippen molar-refractivity contribution in [2.45, 2.75) is 20.4 Å². The van der Waals surface area contributed by atoms with Crippen LogP contribution < -0.4 is 0 Å². The normalized spacial score (nSPS) is 26.4. The Balaban J connectivity index is 2.16. The molecule has 2 rings (SSSR count). The van der Waals surface area contributed by atoms with Gasteiger partial charge < -0.3 is 0 Å². The van der Waals surface area contributed by atoms with Crippen LogP contribution in [0.5, 0.6) is 0 Å². The number of carbonyl (C=O) groups is 2. The summed E-state index contributed by atoms with van der Waals surface area (Å²) in [6, 6.07) is 0. The van der Waals surface area contributed by atoms with E-state index in [1.807, 2.05) is 0 Å². The minimum atomic E-state index is -0.204. The van der Waals surface area contributed by atoms with E-state index >= 15 is 0 Å². The van der Waals surface area contributed by atoms with Crippen LogP contribution in [-0.2, 0) is 16.1 Å². The zero-order chi connectivity index (χ0) is 11.0. The summed E-state index contributed by atoms with van der Waals surface area (Å²) in [5, 5.41) is 6.43. The maximum atomic E-state index is 11.7. The van der Waals surface area contributed by atoms with Crippen LogP contribution in [-0.4, -0.2) is 26.9 Å². The molecule has 0 aromatic carbocycles. The maximum absolute atomic E-state index is 11.7. The minimum Gasteiger partial charge on any atom is -0.285 e. The van der Waals surface area contributed by atoms with Gasteiger partial charge in [0, 0.05) is 23.6 Å². The third-order valence-electron chi connectivity index (χ3n) is 2.96. The quantitative estimate of drug-likeness (QED) is 0.720. The lowest BCUT2D eigenvalue weighted by molar-refractivity contribution is -0.140. The second kappa shape index (κ2) is 3.49. The van der Waals surface area contributed by atoms with Gasteiger partial charge in [0.1, 0.15) is 0 Å². The number of likely N-dealkylation sites (tertiary alicyclic amines) is 1. The van der Waals surface area contributed by atoms with Gasteiger partial charge in [-0.15, -0.1) is 0 Å². The highest BCUT2D eigenvalue weighted by Crippen LogP contribution is 2.26. The van der Waals surface area contributed by atoms with Crippen molar-refractivity contribution in [2.75, 3.05) is 0 Å². The molecule has 1 N–H and O–H groups in total. The van der Waals surface area contributed by atoms with Gasteiger partial charge in [0.05, 0.1) is 12.7 Å². The van der Waals surface area contributed by atoms with Gasteiger partial charge in [0.15, 0.2) is 0 Å². The largest absolute Gasteiger partial charge is 0.285 e. The molecule has 2 amide bonds. The monoisotopic (exact) mass is 207 g/mol. The van der Waals surface area contributed by atoms with Crippen molar-refractivity contribution in [3.63, 3.8) is 0 Å². The highest BCUT2D eigenvalue weighted by atomic mass is 16.2. The summed E-state index contributed by atoms with van der Waals surface area (Å²) in [5.74, 6) is -0.587. The number of nitrogens with one attached hydrogen (secondary N) is 1. The van der Waals surface area contributed by atoms with Crippen molar-refractivity contribution in [2.24, 2.45) is 11.8 Å². The highest BCUT2D eigenvalue weighted by molar-refractivity contribution is 6.04. The molecule has 1 aromatic heterocycles. The lowest BCUT2D eigenvalue weighted by Crippen LogP contribution is -2.30. The number of aromatic nitrogens is 2. The zero-order valence-electron chi connectivity index (χ0n) is 8.73. The van der Waals surface area contributed by atoms with Crippen LogP contribution in [0.15, 0.2) is 12.4 Å². The van der Waals surface area contributed by atoms with E-state index < -0.39 is 0 Å². The molecule has 1 aliphatic heterocycles. The first-order chi connectivity index (χ1) is 7.11. The molecule has 1 aliphatic rings. The highest BCUT2D eigenvalue weighted by Gasteiger charge is 2.41. The van der Waals surface area contributed by atoms with Crippen LogP contribution in [0.1, 0.15) is 19.4 Å². The lowest BCUT2D eigenvalue weighted by atomic mass is 10.00. The third-order valence-corrected chi connectivity index (χ3v) is 2.96. The van der Waals surface area contributed by atoms with Crippen LogP contribution >= 0.6 is 0 Å². The molecular formula is C10H13N3O2. The number of carbonyl (C=O) groups excluding carboxylic acids is 2. The first-order valence-corrected chi connectivity index (χ1v) is 4.94. The fourth-order valence-corrected chi connectivity index (χ4v) is 1.73. The number of amides is 2. The van der Waals surface area contributed by atoms with Crippen molar-refractivity contribution >= 4 is 11.8 Å². The number of nitrogens with zero attached hydrogens (tertiary/aromatic N) is 2. The second-order valence-corrected chi connectivity index (χ2v) is 3.95. The summed E-state index contributed by atoms with van der Waals surface area (Å²) in [6.45, 7) is 3.91. The summed E-state index contributed by atoms with van der Waals surface area (Å²) >= 11 is 0. The van der Waals surface area contributed by atoms with Gasteiger partial charge in [-0.1, -0.05) is 13.8 Å². The van der Waals surface area contributed by atoms with Gasteiger partial charge in [-0.05, 0) is 0 Å². The van der Waals surface area contributed by atoms with Crippen LogP contribution in [0.25, 0.3) is 0 Å². The van der Waals surface area contributed by atoms with Crippen molar-refractivity contribution in [1.29, 1.82) is 0 Å². The van der Waals surface area contributed by atoms with E-state index in [2.05, 4.69) is 10.2 Å². The molecule has 0 saturated carbocycles. The Kier molecular flexibility index (Phi) is 2.30. The predicted octanol–water partition coefficient (Wildman–Crippen LogP) is 0.551. The molecule has 5 nitrogen and oxygen atoms in total. The van der Waals surface area contributed by atoms with E-state index in [9.17, 15) is 9.59 Å². The molecule has 0 radical (unpaired) electrons. The molecule has 1 saturated heterocycles.